The Labute approximate surface area is 164 Å². The van der Waals surface area contributed by atoms with Crippen LogP contribution in [0.5, 0.6) is 0 Å². The van der Waals surface area contributed by atoms with E-state index in [-0.39, 0.29) is 6.42 Å². The highest BCUT2D eigenvalue weighted by molar-refractivity contribution is 6.59. The van der Waals surface area contributed by atoms with E-state index in [0.717, 1.165) is 32.1 Å². The molecule has 0 aliphatic rings. The molecule has 0 aliphatic heterocycles. The van der Waals surface area contributed by atoms with Gasteiger partial charge in [-0.15, -0.1) is 0 Å². The second kappa shape index (κ2) is 12.5. The van der Waals surface area contributed by atoms with Gasteiger partial charge in [0.15, 0.2) is 23.3 Å². The van der Waals surface area contributed by atoms with E-state index in [1.807, 2.05) is 13.8 Å². The first-order chi connectivity index (χ1) is 13.3. The van der Waals surface area contributed by atoms with Crippen LogP contribution in [0.1, 0.15) is 64.4 Å². The molecule has 0 saturated carbocycles. The molecule has 0 amide bonds. The van der Waals surface area contributed by atoms with Crippen LogP contribution in [0.3, 0.4) is 0 Å². The molecule has 0 aliphatic carbocycles. The quantitative estimate of drug-likeness (QED) is 0.137. The molecule has 0 aromatic heterocycles. The number of benzene rings is 1. The third-order valence-corrected chi connectivity index (χ3v) is 6.92. The van der Waals surface area contributed by atoms with Crippen LogP contribution in [0.2, 0.25) is 6.04 Å². The van der Waals surface area contributed by atoms with Gasteiger partial charge < -0.3 is 13.6 Å². The Hall–Kier alpha value is -1.03. The maximum Gasteiger partial charge on any atom is 0.498 e. The van der Waals surface area contributed by atoms with Crippen LogP contribution < -0.4 is 0 Å². The normalized spacial score (nSPS) is 12.0. The van der Waals surface area contributed by atoms with Crippen LogP contribution >= 0.6 is 0 Å². The lowest BCUT2D eigenvalue weighted by Crippen LogP contribution is -2.42. The molecule has 0 radical (unpaired) electrons. The van der Waals surface area contributed by atoms with Gasteiger partial charge in [0.05, 0.1) is 0 Å². The van der Waals surface area contributed by atoms with Crippen molar-refractivity contribution in [1.82, 2.24) is 0 Å². The summed E-state index contributed by atoms with van der Waals surface area (Å²) in [6, 6.07) is 0.509. The van der Waals surface area contributed by atoms with Crippen molar-refractivity contribution in [2.75, 3.05) is 13.2 Å². The van der Waals surface area contributed by atoms with Gasteiger partial charge in [0.25, 0.3) is 0 Å². The average Bonchev–Trinajstić information content (AvgIpc) is 2.66. The first-order valence-corrected chi connectivity index (χ1v) is 11.7. The lowest BCUT2D eigenvalue weighted by atomic mass is 10.0. The summed E-state index contributed by atoms with van der Waals surface area (Å²) in [6.45, 7) is 4.43. The predicted octanol–water partition coefficient (Wildman–Crippen LogP) is 5.66. The first-order valence-electron chi connectivity index (χ1n) is 9.78. The summed E-state index contributed by atoms with van der Waals surface area (Å²) in [5, 5.41) is 0. The molecule has 1 N–H and O–H groups in total. The smallest absolute Gasteiger partial charge is 0.390 e. The van der Waals surface area contributed by atoms with E-state index < -0.39 is 43.5 Å². The van der Waals surface area contributed by atoms with Crippen molar-refractivity contribution in [2.45, 2.75) is 71.3 Å². The summed E-state index contributed by atoms with van der Waals surface area (Å²) >= 11 is 0. The maximum atomic E-state index is 13.6. The van der Waals surface area contributed by atoms with E-state index in [1.165, 1.54) is 0 Å². The van der Waals surface area contributed by atoms with Gasteiger partial charge in [0.1, 0.15) is 0 Å². The van der Waals surface area contributed by atoms with Gasteiger partial charge in [-0.3, -0.25) is 0 Å². The summed E-state index contributed by atoms with van der Waals surface area (Å²) in [7, 11) is -3.05. The molecule has 0 atom stereocenters. The monoisotopic (exact) mass is 428 g/mol. The predicted molar refractivity (Wildman–Crippen MR) is 98.3 cm³/mol. The van der Waals surface area contributed by atoms with Gasteiger partial charge in [-0.05, 0) is 33.1 Å². The highest BCUT2D eigenvalue weighted by Gasteiger charge is 2.35. The van der Waals surface area contributed by atoms with Gasteiger partial charge in [-0.2, -0.15) is 0 Å². The minimum Gasteiger partial charge on any atom is -0.390 e. The maximum absolute atomic E-state index is 13.6. The molecular weight excluding hydrogens is 399 g/mol. The van der Waals surface area contributed by atoms with Crippen LogP contribution in [0, 0.1) is 29.1 Å². The third kappa shape index (κ3) is 7.42. The minimum atomic E-state index is -3.05. The van der Waals surface area contributed by atoms with Gasteiger partial charge in [-0.1, -0.05) is 32.1 Å². The average molecular weight is 429 g/mol. The Morgan fingerprint density at radius 2 is 1.04 bits per heavy atom. The molecule has 0 bridgehead atoms. The van der Waals surface area contributed by atoms with Gasteiger partial charge >= 0.3 is 8.80 Å². The van der Waals surface area contributed by atoms with Crippen molar-refractivity contribution >= 4 is 8.80 Å². The molecular formula is C19H29F5O3Si. The van der Waals surface area contributed by atoms with E-state index in [1.54, 1.807) is 0 Å². The van der Waals surface area contributed by atoms with Crippen molar-refractivity contribution in [3.63, 3.8) is 0 Å². The van der Waals surface area contributed by atoms with Gasteiger partial charge in [-0.25, -0.2) is 22.0 Å². The van der Waals surface area contributed by atoms with Crippen LogP contribution in [0.15, 0.2) is 0 Å². The molecule has 1 aromatic carbocycles. The van der Waals surface area contributed by atoms with Gasteiger partial charge in [0.2, 0.25) is 5.82 Å². The Bertz CT molecular complexity index is 581. The van der Waals surface area contributed by atoms with E-state index in [9.17, 15) is 26.7 Å². The SMILES string of the molecule is CCO[Si](O)(CCCCCCCCCc1c(F)c(F)c(F)c(F)c1F)OCC. The zero-order chi connectivity index (χ0) is 21.2. The summed E-state index contributed by atoms with van der Waals surface area (Å²) in [5.74, 6) is -9.39. The van der Waals surface area contributed by atoms with Crippen molar-refractivity contribution in [2.24, 2.45) is 0 Å². The van der Waals surface area contributed by atoms with Crippen LogP contribution in [-0.2, 0) is 15.3 Å². The molecule has 162 valence electrons. The topological polar surface area (TPSA) is 38.7 Å². The third-order valence-electron chi connectivity index (χ3n) is 4.46. The number of halogens is 5. The number of hydrogen-bond donors (Lipinski definition) is 1. The fourth-order valence-corrected chi connectivity index (χ4v) is 5.01. The fourth-order valence-electron chi connectivity index (χ4n) is 3.04. The van der Waals surface area contributed by atoms with Crippen molar-refractivity contribution in [3.8, 4) is 0 Å². The second-order valence-corrected chi connectivity index (χ2v) is 9.10. The number of unbranched alkanes of at least 4 members (excludes halogenated alkanes) is 6. The van der Waals surface area contributed by atoms with E-state index in [2.05, 4.69) is 0 Å². The van der Waals surface area contributed by atoms with E-state index >= 15 is 0 Å². The summed E-state index contributed by atoms with van der Waals surface area (Å²) < 4.78 is 77.1. The first kappa shape index (κ1) is 25.0. The largest absolute Gasteiger partial charge is 0.498 e. The lowest BCUT2D eigenvalue weighted by molar-refractivity contribution is 0.107. The molecule has 0 spiro atoms. The highest BCUT2D eigenvalue weighted by atomic mass is 28.4. The standard InChI is InChI=1S/C19H29F5O3Si/c1-3-26-28(25,27-4-2)13-11-9-7-5-6-8-10-12-14-15(20)17(22)19(24)18(23)16(14)21/h25H,3-13H2,1-2H3. The van der Waals surface area contributed by atoms with Crippen LogP contribution in [0.25, 0.3) is 0 Å². The van der Waals surface area contributed by atoms with Crippen LogP contribution in [0.4, 0.5) is 22.0 Å². The summed E-state index contributed by atoms with van der Waals surface area (Å²) in [4.78, 5) is 10.2. The summed E-state index contributed by atoms with van der Waals surface area (Å²) in [5.41, 5.74) is -0.743. The molecule has 1 aromatic rings. The highest BCUT2D eigenvalue weighted by Crippen LogP contribution is 2.25. The minimum absolute atomic E-state index is 0.187. The summed E-state index contributed by atoms with van der Waals surface area (Å²) in [6.07, 6.45) is 5.09. The van der Waals surface area contributed by atoms with E-state index in [4.69, 9.17) is 8.85 Å². The Morgan fingerprint density at radius 3 is 1.50 bits per heavy atom. The zero-order valence-electron chi connectivity index (χ0n) is 16.4. The Morgan fingerprint density at radius 1 is 0.643 bits per heavy atom. The molecule has 0 saturated heterocycles. The molecule has 0 heterocycles. The molecule has 28 heavy (non-hydrogen) atoms. The molecule has 3 nitrogen and oxygen atoms in total. The Kier molecular flexibility index (Phi) is 11.2. The van der Waals surface area contributed by atoms with Crippen molar-refractivity contribution < 1.29 is 35.6 Å². The van der Waals surface area contributed by atoms with Gasteiger partial charge in [0, 0.05) is 24.8 Å². The second-order valence-electron chi connectivity index (χ2n) is 6.60. The lowest BCUT2D eigenvalue weighted by Gasteiger charge is -2.22. The zero-order valence-corrected chi connectivity index (χ0v) is 17.4. The fraction of sp³-hybridized carbons (Fsp3) is 0.684. The Balaban J connectivity index is 2.24. The number of rotatable bonds is 14. The van der Waals surface area contributed by atoms with Crippen molar-refractivity contribution in [1.29, 1.82) is 0 Å². The molecule has 0 unspecified atom stereocenters. The number of hydrogen-bond acceptors (Lipinski definition) is 3. The molecule has 0 fully saturated rings. The molecule has 1 rings (SSSR count). The van der Waals surface area contributed by atoms with E-state index in [0.29, 0.717) is 32.1 Å². The van der Waals surface area contributed by atoms with Crippen LogP contribution in [-0.4, -0.2) is 26.8 Å². The molecule has 9 heteroatoms. The van der Waals surface area contributed by atoms with Crippen molar-refractivity contribution in [3.05, 3.63) is 34.6 Å².